The van der Waals surface area contributed by atoms with Gasteiger partial charge in [0.05, 0.1) is 0 Å². The van der Waals surface area contributed by atoms with Crippen LogP contribution in [0, 0.1) is 0 Å². The van der Waals surface area contributed by atoms with Gasteiger partial charge in [-0.1, -0.05) is 60.7 Å². The molecule has 0 aliphatic heterocycles. The molecule has 4 aromatic rings. The van der Waals surface area contributed by atoms with E-state index in [-0.39, 0.29) is 23.0 Å². The quantitative estimate of drug-likeness (QED) is 0.455. The molecule has 0 saturated carbocycles. The number of nitrogens with zero attached hydrogens (tertiary/aromatic N) is 4. The largest absolute Gasteiger partial charge is 0.332 e. The first-order valence-corrected chi connectivity index (χ1v) is 9.96. The van der Waals surface area contributed by atoms with Crippen LogP contribution in [-0.4, -0.2) is 24.6 Å². The number of anilines is 1. The van der Waals surface area contributed by atoms with Crippen molar-refractivity contribution in [2.75, 3.05) is 5.43 Å². The van der Waals surface area contributed by atoms with Gasteiger partial charge in [-0.05, 0) is 17.7 Å². The average Bonchev–Trinajstić information content (AvgIpc) is 3.19. The molecule has 0 aliphatic rings. The molecule has 9 heteroatoms. The Kier molecular flexibility index (Phi) is 5.71. The number of hydrogen-bond acceptors (Lipinski definition) is 5. The van der Waals surface area contributed by atoms with Crippen LogP contribution in [0.25, 0.3) is 17.2 Å². The van der Waals surface area contributed by atoms with Gasteiger partial charge in [-0.15, -0.1) is 0 Å². The fraction of sp³-hybridized carbons (Fsp3) is 0.130. The van der Waals surface area contributed by atoms with Crippen molar-refractivity contribution in [2.24, 2.45) is 14.1 Å². The smallest absolute Gasteiger partial charge is 0.299 e. The Hall–Kier alpha value is -4.40. The van der Waals surface area contributed by atoms with Crippen molar-refractivity contribution in [2.45, 2.75) is 6.54 Å². The number of rotatable bonds is 6. The summed E-state index contributed by atoms with van der Waals surface area (Å²) in [6.07, 6.45) is 3.80. The van der Waals surface area contributed by atoms with E-state index >= 15 is 0 Å². The van der Waals surface area contributed by atoms with E-state index in [2.05, 4.69) is 15.8 Å². The predicted molar refractivity (Wildman–Crippen MR) is 123 cm³/mol. The zero-order valence-electron chi connectivity index (χ0n) is 17.6. The second-order valence-corrected chi connectivity index (χ2v) is 7.18. The number of carbonyl (C=O) groups is 1. The van der Waals surface area contributed by atoms with Gasteiger partial charge in [-0.2, -0.15) is 4.98 Å². The van der Waals surface area contributed by atoms with Gasteiger partial charge in [-0.3, -0.25) is 34.1 Å². The highest BCUT2D eigenvalue weighted by molar-refractivity contribution is 5.94. The molecule has 2 N–H and O–H groups in total. The maximum absolute atomic E-state index is 12.9. The molecule has 0 atom stereocenters. The van der Waals surface area contributed by atoms with Gasteiger partial charge in [0.1, 0.15) is 0 Å². The minimum Gasteiger partial charge on any atom is -0.299 e. The number of amides is 1. The first-order valence-electron chi connectivity index (χ1n) is 9.96. The summed E-state index contributed by atoms with van der Waals surface area (Å²) < 4.78 is 3.97. The maximum Gasteiger partial charge on any atom is 0.332 e. The van der Waals surface area contributed by atoms with E-state index < -0.39 is 11.2 Å². The summed E-state index contributed by atoms with van der Waals surface area (Å²) in [6, 6.07) is 18.4. The molecule has 1 amide bonds. The lowest BCUT2D eigenvalue weighted by atomic mass is 10.2. The number of hydrogen-bond donors (Lipinski definition) is 2. The topological polar surface area (TPSA) is 103 Å². The van der Waals surface area contributed by atoms with Crippen molar-refractivity contribution < 1.29 is 4.79 Å². The van der Waals surface area contributed by atoms with Crippen LogP contribution in [0.1, 0.15) is 15.9 Å². The molecular weight excluding hydrogens is 408 g/mol. The monoisotopic (exact) mass is 430 g/mol. The van der Waals surface area contributed by atoms with Crippen molar-refractivity contribution >= 4 is 29.1 Å². The number of aryl methyl sites for hydroxylation is 1. The predicted octanol–water partition coefficient (Wildman–Crippen LogP) is 1.90. The molecule has 0 saturated heterocycles. The molecule has 0 aliphatic carbocycles. The molecular formula is C23H22N6O3. The molecule has 0 unspecified atom stereocenters. The highest BCUT2D eigenvalue weighted by Gasteiger charge is 2.19. The van der Waals surface area contributed by atoms with Crippen molar-refractivity contribution in [3.63, 3.8) is 0 Å². The van der Waals surface area contributed by atoms with Gasteiger partial charge in [-0.25, -0.2) is 4.79 Å². The van der Waals surface area contributed by atoms with Crippen molar-refractivity contribution in [3.8, 4) is 0 Å². The number of hydrazine groups is 1. The Bertz CT molecular complexity index is 1420. The maximum atomic E-state index is 12.9. The fourth-order valence-electron chi connectivity index (χ4n) is 3.35. The Morgan fingerprint density at radius 2 is 1.62 bits per heavy atom. The number of carbonyl (C=O) groups excluding carboxylic acids is 1. The first-order chi connectivity index (χ1) is 15.5. The highest BCUT2D eigenvalue weighted by Crippen LogP contribution is 2.16. The van der Waals surface area contributed by atoms with Crippen LogP contribution in [0.4, 0.5) is 5.95 Å². The van der Waals surface area contributed by atoms with Crippen molar-refractivity contribution in [1.29, 1.82) is 0 Å². The summed E-state index contributed by atoms with van der Waals surface area (Å²) in [4.78, 5) is 42.1. The van der Waals surface area contributed by atoms with Gasteiger partial charge in [0.25, 0.3) is 11.5 Å². The standard InChI is InChI=1S/C23H22N6O3/c1-27-19-18(21(31)28(2)23(27)32)29(15-9-12-16-10-5-3-6-11-16)22(24-19)26-25-20(30)17-13-7-4-8-14-17/h3-14H,15H2,1-2H3,(H,24,26)(H,25,30)/b12-9+. The van der Waals surface area contributed by atoms with Crippen LogP contribution in [0.2, 0.25) is 0 Å². The summed E-state index contributed by atoms with van der Waals surface area (Å²) in [7, 11) is 2.97. The first kappa shape index (κ1) is 20.9. The van der Waals surface area contributed by atoms with Crippen LogP contribution in [0.3, 0.4) is 0 Å². The third-order valence-electron chi connectivity index (χ3n) is 5.07. The van der Waals surface area contributed by atoms with Crippen LogP contribution < -0.4 is 22.1 Å². The Morgan fingerprint density at radius 1 is 0.969 bits per heavy atom. The number of imidazole rings is 1. The molecule has 0 radical (unpaired) electrons. The number of nitrogens with one attached hydrogen (secondary N) is 2. The van der Waals surface area contributed by atoms with E-state index in [4.69, 9.17) is 0 Å². The summed E-state index contributed by atoms with van der Waals surface area (Å²) in [5, 5.41) is 0. The third kappa shape index (κ3) is 3.95. The van der Waals surface area contributed by atoms with Crippen molar-refractivity contribution in [3.05, 3.63) is 98.7 Å². The molecule has 2 heterocycles. The molecule has 162 valence electrons. The number of fused-ring (bicyclic) bond motifs is 1. The van der Waals surface area contributed by atoms with E-state index in [1.54, 1.807) is 35.9 Å². The lowest BCUT2D eigenvalue weighted by molar-refractivity contribution is 0.0962. The zero-order valence-corrected chi connectivity index (χ0v) is 17.6. The Morgan fingerprint density at radius 3 is 2.31 bits per heavy atom. The molecule has 0 spiro atoms. The highest BCUT2D eigenvalue weighted by atomic mass is 16.2. The molecule has 2 aromatic heterocycles. The SMILES string of the molecule is Cn1c(=O)c2c(nc(NNC(=O)c3ccccc3)n2C/C=C/c2ccccc2)n(C)c1=O. The van der Waals surface area contributed by atoms with Crippen LogP contribution >= 0.6 is 0 Å². The van der Waals surface area contributed by atoms with E-state index in [0.29, 0.717) is 12.1 Å². The van der Waals surface area contributed by atoms with Gasteiger partial charge in [0.2, 0.25) is 5.95 Å². The van der Waals surface area contributed by atoms with E-state index in [0.717, 1.165) is 10.1 Å². The summed E-state index contributed by atoms with van der Waals surface area (Å²) in [6.45, 7) is 0.294. The van der Waals surface area contributed by atoms with Gasteiger partial charge < -0.3 is 0 Å². The van der Waals surface area contributed by atoms with Gasteiger partial charge >= 0.3 is 5.69 Å². The minimum absolute atomic E-state index is 0.225. The Balaban J connectivity index is 1.72. The lowest BCUT2D eigenvalue weighted by Crippen LogP contribution is -2.37. The normalized spacial score (nSPS) is 11.2. The lowest BCUT2D eigenvalue weighted by Gasteiger charge is -2.10. The van der Waals surface area contributed by atoms with Crippen molar-refractivity contribution in [1.82, 2.24) is 24.1 Å². The molecule has 9 nitrogen and oxygen atoms in total. The molecule has 2 aromatic carbocycles. The van der Waals surface area contributed by atoms with Gasteiger partial charge in [0, 0.05) is 26.2 Å². The number of allylic oxidation sites excluding steroid dienone is 1. The second kappa shape index (κ2) is 8.76. The average molecular weight is 430 g/mol. The number of benzene rings is 2. The molecule has 4 rings (SSSR count). The summed E-state index contributed by atoms with van der Waals surface area (Å²) in [5.41, 5.74) is 6.40. The second-order valence-electron chi connectivity index (χ2n) is 7.18. The molecule has 0 bridgehead atoms. The van der Waals surface area contributed by atoms with Crippen LogP contribution in [0.5, 0.6) is 0 Å². The Labute approximate surface area is 183 Å². The summed E-state index contributed by atoms with van der Waals surface area (Å²) in [5.74, 6) is -0.119. The zero-order chi connectivity index (χ0) is 22.7. The van der Waals surface area contributed by atoms with E-state index in [9.17, 15) is 14.4 Å². The minimum atomic E-state index is -0.480. The van der Waals surface area contributed by atoms with E-state index in [1.165, 1.54) is 11.6 Å². The third-order valence-corrected chi connectivity index (χ3v) is 5.07. The molecule has 32 heavy (non-hydrogen) atoms. The fourth-order valence-corrected chi connectivity index (χ4v) is 3.35. The van der Waals surface area contributed by atoms with Gasteiger partial charge in [0.15, 0.2) is 11.2 Å². The summed E-state index contributed by atoms with van der Waals surface area (Å²) >= 11 is 0. The van der Waals surface area contributed by atoms with E-state index in [1.807, 2.05) is 48.6 Å². The van der Waals surface area contributed by atoms with Crippen LogP contribution in [-0.2, 0) is 20.6 Å². The molecule has 0 fully saturated rings. The van der Waals surface area contributed by atoms with Crippen LogP contribution in [0.15, 0.2) is 76.3 Å². The number of aromatic nitrogens is 4.